The summed E-state index contributed by atoms with van der Waals surface area (Å²) in [7, 11) is 31.8. The lowest BCUT2D eigenvalue weighted by Gasteiger charge is -2.20. The number of hydrogen-bond acceptors (Lipinski definition) is 4. The van der Waals surface area contributed by atoms with Crippen molar-refractivity contribution in [2.45, 2.75) is 0 Å². The number of para-hydroxylation sites is 2. The molecule has 0 N–H and O–H groups in total. The number of thiophene rings is 1. The first-order valence-corrected chi connectivity index (χ1v) is 18.6. The van der Waals surface area contributed by atoms with Crippen LogP contribution in [0.3, 0.4) is 0 Å². The Balaban J connectivity index is 1.19. The Bertz CT molecular complexity index is 3130. The molecule has 244 valence electrons. The van der Waals surface area contributed by atoms with Crippen molar-refractivity contribution >= 4 is 120 Å². The average Bonchev–Trinajstić information content (AvgIpc) is 3.78. The first-order valence-electron chi connectivity index (χ1n) is 17.7. The highest BCUT2D eigenvalue weighted by atomic mass is 32.1. The van der Waals surface area contributed by atoms with Crippen LogP contribution in [0.15, 0.2) is 140 Å². The second-order valence-corrected chi connectivity index (χ2v) is 14.6. The van der Waals surface area contributed by atoms with E-state index < -0.39 is 0 Å². The first-order chi connectivity index (χ1) is 26.9. The van der Waals surface area contributed by atoms with E-state index in [0.29, 0.717) is 17.2 Å². The number of benzene rings is 7. The van der Waals surface area contributed by atoms with Gasteiger partial charge in [0.2, 0.25) is 0 Å². The molecule has 10 aromatic rings. The summed E-state index contributed by atoms with van der Waals surface area (Å²) >= 11 is 1.75. The Kier molecular flexibility index (Phi) is 7.93. The van der Waals surface area contributed by atoms with Crippen LogP contribution in [0, 0.1) is 0 Å². The molecule has 0 unspecified atom stereocenters. The molecule has 0 aliphatic heterocycles. The predicted octanol–water partition coefficient (Wildman–Crippen LogP) is 5.97. The summed E-state index contributed by atoms with van der Waals surface area (Å²) in [6.45, 7) is 0. The van der Waals surface area contributed by atoms with Crippen LogP contribution in [-0.4, -0.2) is 58.8 Å². The minimum absolute atomic E-state index is 0.128. The second-order valence-electron chi connectivity index (χ2n) is 13.5. The quantitative estimate of drug-likeness (QED) is 0.207. The van der Waals surface area contributed by atoms with Crippen LogP contribution in [0.2, 0.25) is 0 Å². The van der Waals surface area contributed by atoms with Crippen molar-refractivity contribution in [2.24, 2.45) is 0 Å². The van der Waals surface area contributed by atoms with Gasteiger partial charge in [0.1, 0.15) is 39.2 Å². The third kappa shape index (κ3) is 5.31. The molecule has 4 nitrogen and oxygen atoms in total. The van der Waals surface area contributed by atoms with Gasteiger partial charge in [-0.25, -0.2) is 15.0 Å². The zero-order chi connectivity index (χ0) is 37.4. The van der Waals surface area contributed by atoms with E-state index in [4.69, 9.17) is 54.2 Å². The Morgan fingerprint density at radius 1 is 0.436 bits per heavy atom. The van der Waals surface area contributed by atoms with Gasteiger partial charge in [-0.2, -0.15) is 0 Å². The van der Waals surface area contributed by atoms with Crippen LogP contribution in [0.4, 0.5) is 0 Å². The van der Waals surface area contributed by atoms with Gasteiger partial charge in [0.25, 0.3) is 0 Å². The SMILES string of the molecule is [B]c1c([B])c([B])c(-c2nc(-c3ccccc3)nc(-c3cccc4sc5c(-c6ccc7c(c6)c6ccccc6n7-c6ccccc6)cccc5c34)n2)c([B])c1[B]. The van der Waals surface area contributed by atoms with Gasteiger partial charge in [-0.3, -0.25) is 0 Å². The van der Waals surface area contributed by atoms with E-state index in [-0.39, 0.29) is 33.1 Å². The van der Waals surface area contributed by atoms with E-state index in [1.807, 2.05) is 48.5 Å². The highest BCUT2D eigenvalue weighted by Crippen LogP contribution is 2.44. The zero-order valence-corrected chi connectivity index (χ0v) is 30.2. The van der Waals surface area contributed by atoms with Crippen LogP contribution in [-0.2, 0) is 0 Å². The molecule has 0 aliphatic carbocycles. The summed E-state index contributed by atoms with van der Waals surface area (Å²) in [6.07, 6.45) is 0. The molecule has 3 heterocycles. The fourth-order valence-corrected chi connectivity index (χ4v) is 8.94. The number of rotatable bonds is 5. The maximum atomic E-state index is 6.54. The Morgan fingerprint density at radius 3 is 1.82 bits per heavy atom. The molecule has 0 fully saturated rings. The third-order valence-electron chi connectivity index (χ3n) is 10.4. The molecular weight excluding hydrogens is 683 g/mol. The lowest BCUT2D eigenvalue weighted by atomic mass is 9.60. The minimum atomic E-state index is 0.128. The molecule has 55 heavy (non-hydrogen) atoms. The predicted molar refractivity (Wildman–Crippen MR) is 236 cm³/mol. The van der Waals surface area contributed by atoms with Crippen molar-refractivity contribution in [3.05, 3.63) is 140 Å². The van der Waals surface area contributed by atoms with Crippen molar-refractivity contribution in [3.8, 4) is 51.0 Å². The fourth-order valence-electron chi connectivity index (χ4n) is 7.67. The van der Waals surface area contributed by atoms with Crippen LogP contribution >= 0.6 is 11.3 Å². The van der Waals surface area contributed by atoms with Crippen molar-refractivity contribution in [2.75, 3.05) is 0 Å². The molecule has 10 radical (unpaired) electrons. The van der Waals surface area contributed by atoms with Crippen molar-refractivity contribution in [3.63, 3.8) is 0 Å². The molecule has 0 atom stereocenters. The van der Waals surface area contributed by atoms with Crippen LogP contribution in [0.1, 0.15) is 0 Å². The molecule has 0 spiro atoms. The fraction of sp³-hybridized carbons (Fsp3) is 0. The Labute approximate surface area is 328 Å². The van der Waals surface area contributed by atoms with Gasteiger partial charge in [0, 0.05) is 53.3 Å². The lowest BCUT2D eigenvalue weighted by molar-refractivity contribution is 1.08. The molecule has 0 aliphatic rings. The summed E-state index contributed by atoms with van der Waals surface area (Å²) in [5.74, 6) is 1.16. The molecule has 10 heteroatoms. The molecule has 0 amide bonds. The van der Waals surface area contributed by atoms with Gasteiger partial charge in [-0.1, -0.05) is 114 Å². The summed E-state index contributed by atoms with van der Waals surface area (Å²) in [5, 5.41) is 4.55. The third-order valence-corrected chi connectivity index (χ3v) is 11.6. The lowest BCUT2D eigenvalue weighted by Crippen LogP contribution is -2.55. The van der Waals surface area contributed by atoms with E-state index in [0.717, 1.165) is 48.9 Å². The smallest absolute Gasteiger partial charge is 0.164 e. The molecule has 0 saturated heterocycles. The van der Waals surface area contributed by atoms with Crippen LogP contribution in [0.25, 0.3) is 93.0 Å². The zero-order valence-electron chi connectivity index (χ0n) is 29.4. The monoisotopic (exact) mass is 706 g/mol. The Hall–Kier alpha value is -6.11. The average molecular weight is 706 g/mol. The minimum Gasteiger partial charge on any atom is -0.309 e. The van der Waals surface area contributed by atoms with Gasteiger partial charge < -0.3 is 4.57 Å². The van der Waals surface area contributed by atoms with Crippen LogP contribution in [0.5, 0.6) is 0 Å². The molecule has 3 aromatic heterocycles. The second kappa shape index (κ2) is 13.0. The van der Waals surface area contributed by atoms with Gasteiger partial charge in [-0.15, -0.1) is 27.7 Å². The molecule has 7 aromatic carbocycles. The summed E-state index contributed by atoms with van der Waals surface area (Å²) in [6, 6.07) is 48.3. The number of hydrogen-bond donors (Lipinski definition) is 0. The molecule has 10 rings (SSSR count). The maximum absolute atomic E-state index is 6.54. The standard InChI is InChI=1S/C45H23B5N4S/c46-37-36(38(47)40(49)41(50)39(37)48)45-52-43(24-11-3-1-4-12-24)51-44(53-45)30-18-10-20-34-35(30)29-17-9-16-27(42(29)55-34)25-21-22-33-31(23-25)28-15-7-8-19-32(28)54(33)26-13-5-2-6-14-26/h1-23H. The van der Waals surface area contributed by atoms with Gasteiger partial charge in [-0.05, 0) is 47.5 Å². The van der Waals surface area contributed by atoms with Crippen LogP contribution < -0.4 is 27.3 Å². The first kappa shape index (κ1) is 33.5. The largest absolute Gasteiger partial charge is 0.309 e. The van der Waals surface area contributed by atoms with Gasteiger partial charge in [0.05, 0.1) is 11.0 Å². The van der Waals surface area contributed by atoms with Crippen molar-refractivity contribution in [1.82, 2.24) is 19.5 Å². The topological polar surface area (TPSA) is 43.6 Å². The van der Waals surface area contributed by atoms with E-state index >= 15 is 0 Å². The van der Waals surface area contributed by atoms with E-state index in [1.165, 1.54) is 21.0 Å². The number of aromatic nitrogens is 4. The highest BCUT2D eigenvalue weighted by molar-refractivity contribution is 7.26. The summed E-state index contributed by atoms with van der Waals surface area (Å²) in [5.41, 5.74) is 8.42. The molecule has 0 bridgehead atoms. The molecule has 0 saturated carbocycles. The van der Waals surface area contributed by atoms with Gasteiger partial charge in [0.15, 0.2) is 17.5 Å². The maximum Gasteiger partial charge on any atom is 0.164 e. The van der Waals surface area contributed by atoms with E-state index in [1.54, 1.807) is 11.3 Å². The number of nitrogens with zero attached hydrogens (tertiary/aromatic N) is 4. The van der Waals surface area contributed by atoms with Gasteiger partial charge >= 0.3 is 0 Å². The van der Waals surface area contributed by atoms with Crippen molar-refractivity contribution in [1.29, 1.82) is 0 Å². The van der Waals surface area contributed by atoms with E-state index in [2.05, 4.69) is 95.6 Å². The number of fused-ring (bicyclic) bond motifs is 6. The summed E-state index contributed by atoms with van der Waals surface area (Å²) < 4.78 is 4.60. The Morgan fingerprint density at radius 2 is 1.04 bits per heavy atom. The van der Waals surface area contributed by atoms with E-state index in [9.17, 15) is 0 Å². The summed E-state index contributed by atoms with van der Waals surface area (Å²) in [4.78, 5) is 14.9. The highest BCUT2D eigenvalue weighted by Gasteiger charge is 2.21. The normalized spacial score (nSPS) is 11.6. The molecular formula is C45H23B5N4S. The van der Waals surface area contributed by atoms with Crippen molar-refractivity contribution < 1.29 is 0 Å².